The third-order valence-electron chi connectivity index (χ3n) is 1.15. The van der Waals surface area contributed by atoms with Gasteiger partial charge in [0.15, 0.2) is 0 Å². The first-order chi connectivity index (χ1) is 4.36. The monoisotopic (exact) mass is 125 g/mol. The van der Waals surface area contributed by atoms with Crippen molar-refractivity contribution in [3.05, 3.63) is 11.8 Å². The van der Waals surface area contributed by atoms with Crippen molar-refractivity contribution in [3.63, 3.8) is 0 Å². The van der Waals surface area contributed by atoms with Crippen molar-refractivity contribution in [1.82, 2.24) is 5.16 Å². The van der Waals surface area contributed by atoms with E-state index in [1.165, 1.54) is 6.20 Å². The Kier molecular flexibility index (Phi) is 0.677. The summed E-state index contributed by atoms with van der Waals surface area (Å²) in [6, 6.07) is 0. The van der Waals surface area contributed by atoms with E-state index in [4.69, 9.17) is 0 Å². The minimum absolute atomic E-state index is 0.250. The van der Waals surface area contributed by atoms with Crippen molar-refractivity contribution in [3.8, 4) is 5.95 Å². The summed E-state index contributed by atoms with van der Waals surface area (Å²) >= 11 is 0. The number of hydrogen-bond donors (Lipinski definition) is 0. The molecular weight excluding hydrogens is 122 g/mol. The molecule has 4 nitrogen and oxygen atoms in total. The standard InChI is InChI=1S/C5H3NO3/c7-4-1-3-2-6-9-5(3)8-4/h2H,1H2. The minimum Gasteiger partial charge on any atom is -0.391 e. The van der Waals surface area contributed by atoms with E-state index in [9.17, 15) is 4.79 Å². The van der Waals surface area contributed by atoms with Crippen LogP contribution < -0.4 is 4.74 Å². The van der Waals surface area contributed by atoms with Crippen molar-refractivity contribution in [2.75, 3.05) is 0 Å². The van der Waals surface area contributed by atoms with E-state index in [0.717, 1.165) is 5.56 Å². The molecule has 1 aliphatic heterocycles. The van der Waals surface area contributed by atoms with Gasteiger partial charge in [-0.15, -0.1) is 0 Å². The number of nitrogens with zero attached hydrogens (tertiary/aromatic N) is 1. The van der Waals surface area contributed by atoms with Crippen LogP contribution in [0.15, 0.2) is 10.7 Å². The van der Waals surface area contributed by atoms with E-state index in [2.05, 4.69) is 14.4 Å². The molecule has 0 spiro atoms. The maximum absolute atomic E-state index is 10.5. The zero-order valence-electron chi connectivity index (χ0n) is 4.46. The Labute approximate surface area is 50.4 Å². The van der Waals surface area contributed by atoms with Crippen molar-refractivity contribution in [2.45, 2.75) is 6.42 Å². The van der Waals surface area contributed by atoms with E-state index < -0.39 is 0 Å². The lowest BCUT2D eigenvalue weighted by atomic mass is 10.3. The smallest absolute Gasteiger partial charge is 0.322 e. The highest BCUT2D eigenvalue weighted by molar-refractivity contribution is 5.79. The van der Waals surface area contributed by atoms with Gasteiger partial charge in [0.05, 0.1) is 18.2 Å². The number of carbonyl (C=O) groups is 1. The first kappa shape index (κ1) is 4.55. The molecule has 0 unspecified atom stereocenters. The minimum atomic E-state index is -0.272. The van der Waals surface area contributed by atoms with Crippen LogP contribution in [0.3, 0.4) is 0 Å². The molecule has 1 aromatic heterocycles. The zero-order chi connectivity index (χ0) is 6.27. The molecule has 4 heteroatoms. The van der Waals surface area contributed by atoms with Gasteiger partial charge in [0.25, 0.3) is 0 Å². The highest BCUT2D eigenvalue weighted by Crippen LogP contribution is 2.23. The zero-order valence-corrected chi connectivity index (χ0v) is 4.46. The second kappa shape index (κ2) is 1.34. The Morgan fingerprint density at radius 1 is 1.67 bits per heavy atom. The third-order valence-corrected chi connectivity index (χ3v) is 1.15. The Bertz CT molecular complexity index is 230. The maximum atomic E-state index is 10.5. The number of fused-ring (bicyclic) bond motifs is 1. The molecular formula is C5H3NO3. The van der Waals surface area contributed by atoms with Crippen LogP contribution in [0.25, 0.3) is 0 Å². The summed E-state index contributed by atoms with van der Waals surface area (Å²) in [6.07, 6.45) is 1.78. The normalized spacial score (nSPS) is 15.3. The molecule has 9 heavy (non-hydrogen) atoms. The van der Waals surface area contributed by atoms with Crippen LogP contribution in [0.1, 0.15) is 5.56 Å². The van der Waals surface area contributed by atoms with E-state index in [-0.39, 0.29) is 11.9 Å². The molecule has 1 aliphatic rings. The van der Waals surface area contributed by atoms with E-state index in [1.807, 2.05) is 0 Å². The first-order valence-electron chi connectivity index (χ1n) is 2.50. The summed E-state index contributed by atoms with van der Waals surface area (Å²) in [6.45, 7) is 0. The lowest BCUT2D eigenvalue weighted by molar-refractivity contribution is -0.133. The van der Waals surface area contributed by atoms with Gasteiger partial charge in [0.1, 0.15) is 0 Å². The van der Waals surface area contributed by atoms with Crippen LogP contribution >= 0.6 is 0 Å². The predicted octanol–water partition coefficient (Wildman–Crippen LogP) is 0.136. The third kappa shape index (κ3) is 0.526. The van der Waals surface area contributed by atoms with Gasteiger partial charge in [-0.25, -0.2) is 0 Å². The van der Waals surface area contributed by atoms with Crippen molar-refractivity contribution in [1.29, 1.82) is 0 Å². The summed E-state index contributed by atoms with van der Waals surface area (Å²) in [4.78, 5) is 10.5. The van der Waals surface area contributed by atoms with Gasteiger partial charge in [-0.3, -0.25) is 4.79 Å². The molecule has 2 heterocycles. The van der Waals surface area contributed by atoms with Gasteiger partial charge in [-0.1, -0.05) is 5.16 Å². The summed E-state index contributed by atoms with van der Waals surface area (Å²) in [5, 5.41) is 3.43. The van der Waals surface area contributed by atoms with Gasteiger partial charge in [-0.2, -0.15) is 0 Å². The molecule has 1 aromatic rings. The lowest BCUT2D eigenvalue weighted by Crippen LogP contribution is -2.00. The van der Waals surface area contributed by atoms with Crippen molar-refractivity contribution < 1.29 is 14.1 Å². The van der Waals surface area contributed by atoms with Gasteiger partial charge in [0, 0.05) is 0 Å². The van der Waals surface area contributed by atoms with Crippen LogP contribution in [-0.4, -0.2) is 11.1 Å². The fourth-order valence-corrected chi connectivity index (χ4v) is 0.746. The van der Waals surface area contributed by atoms with Gasteiger partial charge in [0.2, 0.25) is 0 Å². The average Bonchev–Trinajstić information content (AvgIpc) is 2.22. The number of esters is 1. The van der Waals surface area contributed by atoms with E-state index in [0.29, 0.717) is 6.42 Å². The molecule has 0 radical (unpaired) electrons. The van der Waals surface area contributed by atoms with Crippen LogP contribution in [0.4, 0.5) is 0 Å². The second-order valence-electron chi connectivity index (χ2n) is 1.79. The maximum Gasteiger partial charge on any atom is 0.322 e. The SMILES string of the molecule is O=C1Cc2cnoc2O1. The molecule has 0 aromatic carbocycles. The Hall–Kier alpha value is -1.32. The number of rotatable bonds is 0. The molecule has 0 saturated carbocycles. The summed E-state index contributed by atoms with van der Waals surface area (Å²) in [7, 11) is 0. The molecule has 0 bridgehead atoms. The Balaban J connectivity index is 2.49. The van der Waals surface area contributed by atoms with Crippen molar-refractivity contribution in [2.24, 2.45) is 0 Å². The summed E-state index contributed by atoms with van der Waals surface area (Å²) in [5.74, 6) is -0.0221. The van der Waals surface area contributed by atoms with Crippen LogP contribution in [0.2, 0.25) is 0 Å². The van der Waals surface area contributed by atoms with Crippen LogP contribution in [0, 0.1) is 0 Å². The summed E-state index contributed by atoms with van der Waals surface area (Å²) < 4.78 is 9.13. The van der Waals surface area contributed by atoms with Gasteiger partial charge in [-0.05, 0) is 0 Å². The fraction of sp³-hybridized carbons (Fsp3) is 0.200. The quantitative estimate of drug-likeness (QED) is 0.462. The van der Waals surface area contributed by atoms with Crippen molar-refractivity contribution >= 4 is 5.97 Å². The highest BCUT2D eigenvalue weighted by Gasteiger charge is 2.23. The molecule has 0 saturated heterocycles. The number of hydrogen-bond acceptors (Lipinski definition) is 4. The number of carbonyl (C=O) groups excluding carboxylic acids is 1. The Morgan fingerprint density at radius 2 is 2.56 bits per heavy atom. The molecule has 0 N–H and O–H groups in total. The molecule has 46 valence electrons. The van der Waals surface area contributed by atoms with Crippen LogP contribution in [0.5, 0.6) is 5.95 Å². The molecule has 0 amide bonds. The summed E-state index contributed by atoms with van der Waals surface area (Å²) in [5.41, 5.74) is 0.736. The molecule has 0 fully saturated rings. The van der Waals surface area contributed by atoms with E-state index >= 15 is 0 Å². The predicted molar refractivity (Wildman–Crippen MR) is 25.8 cm³/mol. The topological polar surface area (TPSA) is 52.3 Å². The number of ether oxygens (including phenoxy) is 1. The largest absolute Gasteiger partial charge is 0.391 e. The van der Waals surface area contributed by atoms with Crippen LogP contribution in [-0.2, 0) is 11.2 Å². The molecule has 0 atom stereocenters. The van der Waals surface area contributed by atoms with Gasteiger partial charge < -0.3 is 9.26 Å². The Morgan fingerprint density at radius 3 is 3.33 bits per heavy atom. The fourth-order valence-electron chi connectivity index (χ4n) is 0.746. The number of aromatic nitrogens is 1. The molecule has 0 aliphatic carbocycles. The van der Waals surface area contributed by atoms with Gasteiger partial charge >= 0.3 is 11.9 Å². The molecule has 2 rings (SSSR count). The average molecular weight is 125 g/mol. The lowest BCUT2D eigenvalue weighted by Gasteiger charge is -1.83. The first-order valence-corrected chi connectivity index (χ1v) is 2.50. The highest BCUT2D eigenvalue weighted by atomic mass is 16.7. The second-order valence-corrected chi connectivity index (χ2v) is 1.79. The van der Waals surface area contributed by atoms with E-state index in [1.54, 1.807) is 0 Å².